The third-order valence-electron chi connectivity index (χ3n) is 2.53. The number of hydrogen-bond acceptors (Lipinski definition) is 2. The Kier molecular flexibility index (Phi) is 4.24. The minimum atomic E-state index is 0.634. The molecule has 0 aliphatic rings. The van der Waals surface area contributed by atoms with Gasteiger partial charge in [0.25, 0.3) is 0 Å². The van der Waals surface area contributed by atoms with Gasteiger partial charge in [-0.1, -0.05) is 15.9 Å². The molecule has 2 rings (SSSR count). The van der Waals surface area contributed by atoms with Crippen LogP contribution < -0.4 is 0 Å². The summed E-state index contributed by atoms with van der Waals surface area (Å²) in [6.45, 7) is 2.06. The lowest BCUT2D eigenvalue weighted by atomic mass is 10.1. The molecule has 0 amide bonds. The first kappa shape index (κ1) is 12.7. The van der Waals surface area contributed by atoms with Crippen molar-refractivity contribution in [3.63, 3.8) is 0 Å². The molecule has 0 saturated heterocycles. The van der Waals surface area contributed by atoms with E-state index in [4.69, 9.17) is 16.0 Å². The van der Waals surface area contributed by atoms with E-state index in [0.717, 1.165) is 34.5 Å². The Labute approximate surface area is 114 Å². The quantitative estimate of drug-likeness (QED) is 0.772. The summed E-state index contributed by atoms with van der Waals surface area (Å²) in [5.74, 6) is 2.21. The standard InChI is InChI=1S/C13H13BrClNO/c1-9-7-10(14)4-5-11(9)12-8-16-13(17-12)3-2-6-15/h4-5,7-8H,2-3,6H2,1H3. The fourth-order valence-corrected chi connectivity index (χ4v) is 2.28. The van der Waals surface area contributed by atoms with Crippen LogP contribution in [0.1, 0.15) is 17.9 Å². The number of aryl methyl sites for hydroxylation is 2. The maximum atomic E-state index is 5.71. The lowest BCUT2D eigenvalue weighted by Gasteiger charge is -2.02. The number of hydrogen-bond donors (Lipinski definition) is 0. The second-order valence-electron chi connectivity index (χ2n) is 3.87. The second-order valence-corrected chi connectivity index (χ2v) is 5.16. The van der Waals surface area contributed by atoms with Crippen LogP contribution in [0, 0.1) is 6.92 Å². The molecule has 0 radical (unpaired) electrons. The van der Waals surface area contributed by atoms with Gasteiger partial charge in [-0.25, -0.2) is 4.98 Å². The highest BCUT2D eigenvalue weighted by atomic mass is 79.9. The van der Waals surface area contributed by atoms with Gasteiger partial charge in [-0.05, 0) is 37.1 Å². The first-order chi connectivity index (χ1) is 8.20. The van der Waals surface area contributed by atoms with Crippen molar-refractivity contribution in [2.24, 2.45) is 0 Å². The molecule has 2 nitrogen and oxygen atoms in total. The van der Waals surface area contributed by atoms with Gasteiger partial charge in [-0.15, -0.1) is 11.6 Å². The van der Waals surface area contributed by atoms with Gasteiger partial charge >= 0.3 is 0 Å². The van der Waals surface area contributed by atoms with Crippen molar-refractivity contribution in [3.8, 4) is 11.3 Å². The van der Waals surface area contributed by atoms with Crippen molar-refractivity contribution in [3.05, 3.63) is 40.3 Å². The van der Waals surface area contributed by atoms with Crippen LogP contribution in [0.15, 0.2) is 33.3 Å². The Bertz CT molecular complexity index is 510. The van der Waals surface area contributed by atoms with Gasteiger partial charge in [0.15, 0.2) is 11.7 Å². The average Bonchev–Trinajstić information content (AvgIpc) is 2.75. The molecule has 4 heteroatoms. The molecule has 90 valence electrons. The highest BCUT2D eigenvalue weighted by molar-refractivity contribution is 9.10. The van der Waals surface area contributed by atoms with Gasteiger partial charge in [0.1, 0.15) is 0 Å². The lowest BCUT2D eigenvalue weighted by Crippen LogP contribution is -1.84. The summed E-state index contributed by atoms with van der Waals surface area (Å²) in [5.41, 5.74) is 2.25. The zero-order chi connectivity index (χ0) is 12.3. The molecule has 17 heavy (non-hydrogen) atoms. The molecular weight excluding hydrogens is 302 g/mol. The monoisotopic (exact) mass is 313 g/mol. The molecule has 1 heterocycles. The van der Waals surface area contributed by atoms with E-state index < -0.39 is 0 Å². The Morgan fingerprint density at radius 1 is 1.41 bits per heavy atom. The molecule has 0 atom stereocenters. The highest BCUT2D eigenvalue weighted by Crippen LogP contribution is 2.26. The molecule has 0 aliphatic carbocycles. The Hall–Kier alpha value is -0.800. The van der Waals surface area contributed by atoms with Crippen LogP contribution in [-0.4, -0.2) is 10.9 Å². The van der Waals surface area contributed by atoms with Gasteiger partial charge < -0.3 is 4.42 Å². The first-order valence-electron chi connectivity index (χ1n) is 5.48. The summed E-state index contributed by atoms with van der Waals surface area (Å²) in [6, 6.07) is 6.10. The molecule has 2 aromatic rings. The van der Waals surface area contributed by atoms with Crippen LogP contribution in [0.3, 0.4) is 0 Å². The first-order valence-corrected chi connectivity index (χ1v) is 6.80. The van der Waals surface area contributed by atoms with Crippen LogP contribution in [0.25, 0.3) is 11.3 Å². The molecule has 1 aromatic carbocycles. The second kappa shape index (κ2) is 5.69. The van der Waals surface area contributed by atoms with E-state index in [1.807, 2.05) is 12.1 Å². The van der Waals surface area contributed by atoms with E-state index in [-0.39, 0.29) is 0 Å². The summed E-state index contributed by atoms with van der Waals surface area (Å²) >= 11 is 9.09. The van der Waals surface area contributed by atoms with Crippen LogP contribution in [0.4, 0.5) is 0 Å². The van der Waals surface area contributed by atoms with Crippen molar-refractivity contribution >= 4 is 27.5 Å². The predicted molar refractivity (Wildman–Crippen MR) is 73.4 cm³/mol. The van der Waals surface area contributed by atoms with E-state index in [0.29, 0.717) is 5.88 Å². The van der Waals surface area contributed by atoms with Crippen LogP contribution >= 0.6 is 27.5 Å². The number of nitrogens with zero attached hydrogens (tertiary/aromatic N) is 1. The molecule has 1 aromatic heterocycles. The Balaban J connectivity index is 2.24. The lowest BCUT2D eigenvalue weighted by molar-refractivity contribution is 0.503. The normalized spacial score (nSPS) is 10.8. The van der Waals surface area contributed by atoms with E-state index in [2.05, 4.69) is 33.9 Å². The van der Waals surface area contributed by atoms with Crippen molar-refractivity contribution in [2.45, 2.75) is 19.8 Å². The Morgan fingerprint density at radius 2 is 2.24 bits per heavy atom. The van der Waals surface area contributed by atoms with E-state index in [9.17, 15) is 0 Å². The van der Waals surface area contributed by atoms with Crippen molar-refractivity contribution < 1.29 is 4.42 Å². The highest BCUT2D eigenvalue weighted by Gasteiger charge is 2.08. The Morgan fingerprint density at radius 3 is 2.94 bits per heavy atom. The van der Waals surface area contributed by atoms with Crippen LogP contribution in [0.2, 0.25) is 0 Å². The van der Waals surface area contributed by atoms with E-state index >= 15 is 0 Å². The molecule has 0 saturated carbocycles. The van der Waals surface area contributed by atoms with Crippen molar-refractivity contribution in [1.82, 2.24) is 4.98 Å². The minimum absolute atomic E-state index is 0.634. The van der Waals surface area contributed by atoms with Crippen molar-refractivity contribution in [1.29, 1.82) is 0 Å². The molecule has 0 aliphatic heterocycles. The van der Waals surface area contributed by atoms with E-state index in [1.54, 1.807) is 6.20 Å². The van der Waals surface area contributed by atoms with Crippen LogP contribution in [-0.2, 0) is 6.42 Å². The van der Waals surface area contributed by atoms with Crippen LogP contribution in [0.5, 0.6) is 0 Å². The fraction of sp³-hybridized carbons (Fsp3) is 0.308. The number of halogens is 2. The number of oxazole rings is 1. The molecule has 0 N–H and O–H groups in total. The summed E-state index contributed by atoms with van der Waals surface area (Å²) in [7, 11) is 0. The smallest absolute Gasteiger partial charge is 0.194 e. The maximum Gasteiger partial charge on any atom is 0.194 e. The summed E-state index contributed by atoms with van der Waals surface area (Å²) in [6.07, 6.45) is 3.46. The zero-order valence-corrected chi connectivity index (χ0v) is 11.9. The molecular formula is C13H13BrClNO. The summed E-state index contributed by atoms with van der Waals surface area (Å²) in [4.78, 5) is 4.26. The largest absolute Gasteiger partial charge is 0.441 e. The SMILES string of the molecule is Cc1cc(Br)ccc1-c1cnc(CCCCl)o1. The molecule has 0 unspecified atom stereocenters. The topological polar surface area (TPSA) is 26.0 Å². The van der Waals surface area contributed by atoms with Crippen molar-refractivity contribution in [2.75, 3.05) is 5.88 Å². The van der Waals surface area contributed by atoms with Gasteiger partial charge in [-0.3, -0.25) is 0 Å². The zero-order valence-electron chi connectivity index (χ0n) is 9.54. The van der Waals surface area contributed by atoms with Gasteiger partial charge in [0, 0.05) is 22.3 Å². The number of alkyl halides is 1. The maximum absolute atomic E-state index is 5.71. The average molecular weight is 315 g/mol. The van der Waals surface area contributed by atoms with Gasteiger partial charge in [-0.2, -0.15) is 0 Å². The predicted octanol–water partition coefficient (Wildman–Crippen LogP) is 4.58. The minimum Gasteiger partial charge on any atom is -0.441 e. The third kappa shape index (κ3) is 3.11. The van der Waals surface area contributed by atoms with E-state index in [1.165, 1.54) is 5.56 Å². The molecule has 0 bridgehead atoms. The molecule has 0 spiro atoms. The number of rotatable bonds is 4. The fourth-order valence-electron chi connectivity index (χ4n) is 1.67. The third-order valence-corrected chi connectivity index (χ3v) is 3.29. The molecule has 0 fully saturated rings. The number of aromatic nitrogens is 1. The number of benzene rings is 1. The summed E-state index contributed by atoms with van der Waals surface area (Å²) < 4.78 is 6.78. The van der Waals surface area contributed by atoms with Gasteiger partial charge in [0.2, 0.25) is 0 Å². The summed E-state index contributed by atoms with van der Waals surface area (Å²) in [5, 5.41) is 0. The van der Waals surface area contributed by atoms with Gasteiger partial charge in [0.05, 0.1) is 6.20 Å².